The highest BCUT2D eigenvalue weighted by atomic mass is 16.3. The lowest BCUT2D eigenvalue weighted by Gasteiger charge is -2.34. The molecule has 15 heavy (non-hydrogen) atoms. The van der Waals surface area contributed by atoms with Gasteiger partial charge in [0.15, 0.2) is 0 Å². The lowest BCUT2D eigenvalue weighted by Crippen LogP contribution is -2.45. The molecule has 3 heteroatoms. The molecule has 0 bridgehead atoms. The van der Waals surface area contributed by atoms with Gasteiger partial charge in [0.1, 0.15) is 6.10 Å². The molecule has 3 N–H and O–H groups in total. The second kappa shape index (κ2) is 4.31. The zero-order valence-corrected chi connectivity index (χ0v) is 9.14. The molecule has 84 valence electrons. The average molecular weight is 210 g/mol. The number of aliphatic hydroxyl groups is 3. The summed E-state index contributed by atoms with van der Waals surface area (Å²) in [6.45, 7) is 7.06. The van der Waals surface area contributed by atoms with E-state index < -0.39 is 17.8 Å². The molecular weight excluding hydrogens is 192 g/mol. The van der Waals surface area contributed by atoms with Crippen molar-refractivity contribution in [3.05, 3.63) is 36.0 Å². The first-order valence-electron chi connectivity index (χ1n) is 4.97. The Morgan fingerprint density at radius 2 is 2.20 bits per heavy atom. The third-order valence-corrected chi connectivity index (χ3v) is 2.54. The highest BCUT2D eigenvalue weighted by Crippen LogP contribution is 2.28. The Kier molecular flexibility index (Phi) is 3.50. The van der Waals surface area contributed by atoms with E-state index in [0.717, 1.165) is 5.57 Å². The fourth-order valence-electron chi connectivity index (χ4n) is 1.51. The molecular formula is C12H18O3. The minimum Gasteiger partial charge on any atom is -0.388 e. The first kappa shape index (κ1) is 12.2. The van der Waals surface area contributed by atoms with Crippen LogP contribution >= 0.6 is 0 Å². The second-order valence-electron chi connectivity index (χ2n) is 4.37. The first-order chi connectivity index (χ1) is 6.83. The molecule has 0 saturated carbocycles. The van der Waals surface area contributed by atoms with Crippen LogP contribution in [0, 0.1) is 0 Å². The van der Waals surface area contributed by atoms with Crippen molar-refractivity contribution in [3.8, 4) is 0 Å². The summed E-state index contributed by atoms with van der Waals surface area (Å²) >= 11 is 0. The van der Waals surface area contributed by atoms with Crippen LogP contribution in [-0.4, -0.2) is 33.1 Å². The van der Waals surface area contributed by atoms with Crippen LogP contribution in [0.3, 0.4) is 0 Å². The van der Waals surface area contributed by atoms with Crippen molar-refractivity contribution < 1.29 is 15.3 Å². The van der Waals surface area contributed by atoms with Crippen molar-refractivity contribution in [2.24, 2.45) is 0 Å². The summed E-state index contributed by atoms with van der Waals surface area (Å²) in [5.41, 5.74) is 0.243. The molecule has 3 atom stereocenters. The van der Waals surface area contributed by atoms with Gasteiger partial charge in [-0.15, -0.1) is 0 Å². The molecule has 1 aliphatic rings. The van der Waals surface area contributed by atoms with Crippen molar-refractivity contribution in [2.75, 3.05) is 0 Å². The van der Waals surface area contributed by atoms with Crippen LogP contribution in [0.1, 0.15) is 20.3 Å². The molecule has 0 aromatic carbocycles. The lowest BCUT2D eigenvalue weighted by atomic mass is 9.82. The molecule has 0 heterocycles. The molecule has 3 nitrogen and oxygen atoms in total. The van der Waals surface area contributed by atoms with Gasteiger partial charge < -0.3 is 15.3 Å². The summed E-state index contributed by atoms with van der Waals surface area (Å²) in [4.78, 5) is 0. The highest BCUT2D eigenvalue weighted by Gasteiger charge is 2.36. The van der Waals surface area contributed by atoms with Crippen LogP contribution in [0.5, 0.6) is 0 Å². The van der Waals surface area contributed by atoms with E-state index in [1.807, 2.05) is 6.92 Å². The summed E-state index contributed by atoms with van der Waals surface area (Å²) in [6, 6.07) is 0. The van der Waals surface area contributed by atoms with E-state index in [4.69, 9.17) is 0 Å². The van der Waals surface area contributed by atoms with Gasteiger partial charge in [-0.05, 0) is 25.5 Å². The average Bonchev–Trinajstić information content (AvgIpc) is 2.08. The summed E-state index contributed by atoms with van der Waals surface area (Å²) < 4.78 is 0. The predicted octanol–water partition coefficient (Wildman–Crippen LogP) is 0.922. The van der Waals surface area contributed by atoms with Gasteiger partial charge >= 0.3 is 0 Å². The largest absolute Gasteiger partial charge is 0.388 e. The summed E-state index contributed by atoms with van der Waals surface area (Å²) in [7, 11) is 0. The molecule has 0 aromatic rings. The minimum absolute atomic E-state index is 0.139. The Balaban J connectivity index is 2.87. The fraction of sp³-hybridized carbons (Fsp3) is 0.500. The minimum atomic E-state index is -1.25. The zero-order valence-electron chi connectivity index (χ0n) is 9.14. The molecule has 1 aliphatic carbocycles. The van der Waals surface area contributed by atoms with Gasteiger partial charge in [-0.25, -0.2) is 0 Å². The van der Waals surface area contributed by atoms with E-state index in [1.54, 1.807) is 12.2 Å². The molecule has 0 aliphatic heterocycles. The number of aliphatic hydroxyl groups excluding tert-OH is 2. The second-order valence-corrected chi connectivity index (χ2v) is 4.37. The van der Waals surface area contributed by atoms with Crippen LogP contribution in [-0.2, 0) is 0 Å². The maximum Gasteiger partial charge on any atom is 0.101 e. The highest BCUT2D eigenvalue weighted by molar-refractivity contribution is 5.32. The molecule has 0 amide bonds. The van der Waals surface area contributed by atoms with Gasteiger partial charge in [0, 0.05) is 6.42 Å². The quantitative estimate of drug-likeness (QED) is 0.594. The van der Waals surface area contributed by atoms with Crippen molar-refractivity contribution in [3.63, 3.8) is 0 Å². The lowest BCUT2D eigenvalue weighted by molar-refractivity contribution is -0.0706. The number of hydrogen-bond acceptors (Lipinski definition) is 3. The topological polar surface area (TPSA) is 60.7 Å². The molecule has 0 fully saturated rings. The van der Waals surface area contributed by atoms with Crippen LogP contribution in [0.2, 0.25) is 0 Å². The van der Waals surface area contributed by atoms with E-state index in [9.17, 15) is 15.3 Å². The standard InChI is InChI=1S/C12H18O3/c1-8(2)4-5-9-6-11(14)12(3,15)7-10(9)13/h4-6,10-11,13-15H,1,7H2,2-3H3. The molecule has 0 saturated heterocycles. The van der Waals surface area contributed by atoms with Crippen LogP contribution in [0.15, 0.2) is 36.0 Å². The maximum atomic E-state index is 9.71. The summed E-state index contributed by atoms with van der Waals surface area (Å²) in [5, 5.41) is 29.0. The van der Waals surface area contributed by atoms with Crippen LogP contribution < -0.4 is 0 Å². The van der Waals surface area contributed by atoms with Crippen LogP contribution in [0.25, 0.3) is 0 Å². The zero-order chi connectivity index (χ0) is 11.6. The smallest absolute Gasteiger partial charge is 0.101 e. The third kappa shape index (κ3) is 3.02. The van der Waals surface area contributed by atoms with Gasteiger partial charge in [0.05, 0.1) is 11.7 Å². The predicted molar refractivity (Wildman–Crippen MR) is 59.3 cm³/mol. The van der Waals surface area contributed by atoms with Crippen molar-refractivity contribution >= 4 is 0 Å². The molecule has 3 unspecified atom stereocenters. The SMILES string of the molecule is C=C(C)C=CC1=CC(O)C(C)(O)CC1O. The van der Waals surface area contributed by atoms with Gasteiger partial charge in [-0.2, -0.15) is 0 Å². The van der Waals surface area contributed by atoms with E-state index in [-0.39, 0.29) is 6.42 Å². The Labute approximate surface area is 90.1 Å². The molecule has 0 spiro atoms. The van der Waals surface area contributed by atoms with Gasteiger partial charge in [0.2, 0.25) is 0 Å². The Morgan fingerprint density at radius 3 is 2.73 bits per heavy atom. The normalized spacial score (nSPS) is 36.7. The van der Waals surface area contributed by atoms with Crippen molar-refractivity contribution in [1.82, 2.24) is 0 Å². The number of allylic oxidation sites excluding steroid dienone is 2. The van der Waals surface area contributed by atoms with Crippen molar-refractivity contribution in [1.29, 1.82) is 0 Å². The van der Waals surface area contributed by atoms with E-state index in [2.05, 4.69) is 6.58 Å². The fourth-order valence-corrected chi connectivity index (χ4v) is 1.51. The maximum absolute atomic E-state index is 9.71. The third-order valence-electron chi connectivity index (χ3n) is 2.54. The monoisotopic (exact) mass is 210 g/mol. The Hall–Kier alpha value is -0.900. The van der Waals surface area contributed by atoms with Gasteiger partial charge in [-0.1, -0.05) is 24.3 Å². The molecule has 1 rings (SSSR count). The molecule has 0 radical (unpaired) electrons. The van der Waals surface area contributed by atoms with Crippen LogP contribution in [0.4, 0.5) is 0 Å². The van der Waals surface area contributed by atoms with E-state index in [0.29, 0.717) is 5.57 Å². The number of rotatable bonds is 2. The van der Waals surface area contributed by atoms with E-state index >= 15 is 0 Å². The number of hydrogen-bond donors (Lipinski definition) is 3. The van der Waals surface area contributed by atoms with Gasteiger partial charge in [-0.3, -0.25) is 0 Å². The van der Waals surface area contributed by atoms with E-state index in [1.165, 1.54) is 13.0 Å². The summed E-state index contributed by atoms with van der Waals surface area (Å²) in [5.74, 6) is 0. The van der Waals surface area contributed by atoms with Gasteiger partial charge in [0.25, 0.3) is 0 Å². The van der Waals surface area contributed by atoms with Crippen molar-refractivity contribution in [2.45, 2.75) is 38.1 Å². The summed E-state index contributed by atoms with van der Waals surface area (Å²) in [6.07, 6.45) is 3.42. The Morgan fingerprint density at radius 1 is 1.60 bits per heavy atom. The first-order valence-corrected chi connectivity index (χ1v) is 4.97. The Bertz CT molecular complexity index is 313. The molecule has 0 aromatic heterocycles.